The van der Waals surface area contributed by atoms with Crippen LogP contribution in [0.15, 0.2) is 18.2 Å². The summed E-state index contributed by atoms with van der Waals surface area (Å²) in [5.41, 5.74) is 0.466. The number of carboxylic acids is 1. The number of rotatable bonds is 2. The monoisotopic (exact) mass is 391 g/mol. The number of halogens is 2. The number of amides is 1. The molecule has 0 spiro atoms. The van der Waals surface area contributed by atoms with Crippen molar-refractivity contribution in [3.05, 3.63) is 33.1 Å². The van der Waals surface area contributed by atoms with Gasteiger partial charge in [0.2, 0.25) is 0 Å². The van der Waals surface area contributed by atoms with Crippen LogP contribution in [0.3, 0.4) is 0 Å². The standard InChI is InChI=1S/C14H15FINO3/c1-8-7-17(5-4-10(8)14(19)20)13(18)11-3-2-9(15)6-12(11)16/h2-3,6,8,10H,4-5,7H2,1H3,(H,19,20). The van der Waals surface area contributed by atoms with Gasteiger partial charge in [0.25, 0.3) is 5.91 Å². The molecular formula is C14H15FINO3. The average molecular weight is 391 g/mol. The maximum Gasteiger partial charge on any atom is 0.306 e. The lowest BCUT2D eigenvalue weighted by molar-refractivity contribution is -0.145. The van der Waals surface area contributed by atoms with E-state index >= 15 is 0 Å². The van der Waals surface area contributed by atoms with Crippen LogP contribution in [0.25, 0.3) is 0 Å². The molecule has 6 heteroatoms. The van der Waals surface area contributed by atoms with Gasteiger partial charge < -0.3 is 10.0 Å². The van der Waals surface area contributed by atoms with Gasteiger partial charge in [-0.05, 0) is 53.1 Å². The van der Waals surface area contributed by atoms with E-state index in [4.69, 9.17) is 5.11 Å². The first-order valence-electron chi connectivity index (χ1n) is 6.37. The Labute approximate surface area is 130 Å². The molecule has 0 bridgehead atoms. The van der Waals surface area contributed by atoms with Crippen molar-refractivity contribution in [1.82, 2.24) is 4.90 Å². The van der Waals surface area contributed by atoms with E-state index in [1.807, 2.05) is 29.5 Å². The SMILES string of the molecule is CC1CN(C(=O)c2ccc(F)cc2I)CCC1C(=O)O. The lowest BCUT2D eigenvalue weighted by Gasteiger charge is -2.35. The zero-order valence-electron chi connectivity index (χ0n) is 11.0. The van der Waals surface area contributed by atoms with Gasteiger partial charge in [-0.2, -0.15) is 0 Å². The number of piperidine rings is 1. The molecule has 0 aromatic heterocycles. The third kappa shape index (κ3) is 3.11. The molecule has 1 saturated heterocycles. The fraction of sp³-hybridized carbons (Fsp3) is 0.429. The molecule has 2 rings (SSSR count). The molecule has 1 aliphatic rings. The van der Waals surface area contributed by atoms with Crippen molar-refractivity contribution in [1.29, 1.82) is 0 Å². The van der Waals surface area contributed by atoms with Gasteiger partial charge in [0.15, 0.2) is 0 Å². The number of aliphatic carboxylic acids is 1. The molecule has 0 saturated carbocycles. The highest BCUT2D eigenvalue weighted by molar-refractivity contribution is 14.1. The van der Waals surface area contributed by atoms with E-state index in [0.29, 0.717) is 28.6 Å². The van der Waals surface area contributed by atoms with E-state index in [1.165, 1.54) is 18.2 Å². The van der Waals surface area contributed by atoms with E-state index in [0.717, 1.165) is 0 Å². The molecule has 1 fully saturated rings. The van der Waals surface area contributed by atoms with Crippen molar-refractivity contribution in [2.24, 2.45) is 11.8 Å². The maximum absolute atomic E-state index is 13.1. The molecular weight excluding hydrogens is 376 g/mol. The third-order valence-corrected chi connectivity index (χ3v) is 4.56. The molecule has 0 radical (unpaired) electrons. The predicted octanol–water partition coefficient (Wildman–Crippen LogP) is 2.61. The first kappa shape index (κ1) is 15.2. The molecule has 1 N–H and O–H groups in total. The van der Waals surface area contributed by atoms with E-state index in [9.17, 15) is 14.0 Å². The van der Waals surface area contributed by atoms with E-state index in [-0.39, 0.29) is 17.6 Å². The minimum atomic E-state index is -0.805. The van der Waals surface area contributed by atoms with Crippen molar-refractivity contribution in [3.8, 4) is 0 Å². The highest BCUT2D eigenvalue weighted by Crippen LogP contribution is 2.25. The minimum absolute atomic E-state index is 0.0803. The van der Waals surface area contributed by atoms with Gasteiger partial charge in [-0.3, -0.25) is 9.59 Å². The fourth-order valence-corrected chi connectivity index (χ4v) is 3.24. The Morgan fingerprint density at radius 3 is 2.70 bits per heavy atom. The van der Waals surface area contributed by atoms with Gasteiger partial charge in [-0.25, -0.2) is 4.39 Å². The van der Waals surface area contributed by atoms with Crippen LogP contribution in [0.2, 0.25) is 0 Å². The van der Waals surface area contributed by atoms with Crippen molar-refractivity contribution in [2.75, 3.05) is 13.1 Å². The second kappa shape index (κ2) is 6.07. The van der Waals surface area contributed by atoms with Crippen LogP contribution >= 0.6 is 22.6 Å². The zero-order valence-corrected chi connectivity index (χ0v) is 13.1. The Morgan fingerprint density at radius 1 is 1.45 bits per heavy atom. The van der Waals surface area contributed by atoms with Gasteiger partial charge in [0.05, 0.1) is 11.5 Å². The minimum Gasteiger partial charge on any atom is -0.481 e. The normalized spacial score (nSPS) is 22.6. The zero-order chi connectivity index (χ0) is 14.9. The average Bonchev–Trinajstić information content (AvgIpc) is 2.37. The van der Waals surface area contributed by atoms with Crippen LogP contribution in [0.5, 0.6) is 0 Å². The first-order valence-corrected chi connectivity index (χ1v) is 7.45. The summed E-state index contributed by atoms with van der Waals surface area (Å²) in [6, 6.07) is 4.07. The summed E-state index contributed by atoms with van der Waals surface area (Å²) < 4.78 is 13.6. The van der Waals surface area contributed by atoms with Crippen molar-refractivity contribution >= 4 is 34.5 Å². The molecule has 1 aromatic rings. The highest BCUT2D eigenvalue weighted by atomic mass is 127. The molecule has 0 aliphatic carbocycles. The fourth-order valence-electron chi connectivity index (χ4n) is 2.53. The number of hydrogen-bond acceptors (Lipinski definition) is 2. The molecule has 1 amide bonds. The van der Waals surface area contributed by atoms with Gasteiger partial charge in [-0.15, -0.1) is 0 Å². The summed E-state index contributed by atoms with van der Waals surface area (Å²) in [6.45, 7) is 2.69. The van der Waals surface area contributed by atoms with Crippen molar-refractivity contribution < 1.29 is 19.1 Å². The third-order valence-electron chi connectivity index (χ3n) is 3.67. The second-order valence-electron chi connectivity index (χ2n) is 5.09. The van der Waals surface area contributed by atoms with Crippen molar-refractivity contribution in [3.63, 3.8) is 0 Å². The van der Waals surface area contributed by atoms with Crippen LogP contribution in [0.4, 0.5) is 4.39 Å². The molecule has 2 atom stereocenters. The molecule has 1 aliphatic heterocycles. The first-order chi connectivity index (χ1) is 9.40. The quantitative estimate of drug-likeness (QED) is 0.789. The Hall–Kier alpha value is -1.18. The Kier molecular flexibility index (Phi) is 4.62. The number of hydrogen-bond donors (Lipinski definition) is 1. The van der Waals surface area contributed by atoms with E-state index < -0.39 is 11.9 Å². The molecule has 2 unspecified atom stereocenters. The van der Waals surface area contributed by atoms with Crippen LogP contribution in [0.1, 0.15) is 23.7 Å². The lowest BCUT2D eigenvalue weighted by atomic mass is 9.87. The van der Waals surface area contributed by atoms with Gasteiger partial charge in [-0.1, -0.05) is 6.92 Å². The second-order valence-corrected chi connectivity index (χ2v) is 6.25. The molecule has 108 valence electrons. The van der Waals surface area contributed by atoms with E-state index in [1.54, 1.807) is 4.90 Å². The van der Waals surface area contributed by atoms with Crippen LogP contribution in [0, 0.1) is 21.2 Å². The number of benzene rings is 1. The number of carbonyl (C=O) groups is 2. The lowest BCUT2D eigenvalue weighted by Crippen LogP contribution is -2.45. The van der Waals surface area contributed by atoms with Crippen molar-refractivity contribution in [2.45, 2.75) is 13.3 Å². The van der Waals surface area contributed by atoms with Gasteiger partial charge in [0, 0.05) is 16.7 Å². The predicted molar refractivity (Wildman–Crippen MR) is 79.9 cm³/mol. The molecule has 1 aromatic carbocycles. The van der Waals surface area contributed by atoms with Gasteiger partial charge in [0.1, 0.15) is 5.82 Å². The Morgan fingerprint density at radius 2 is 2.15 bits per heavy atom. The van der Waals surface area contributed by atoms with Gasteiger partial charge >= 0.3 is 5.97 Å². The van der Waals surface area contributed by atoms with E-state index in [2.05, 4.69) is 0 Å². The number of likely N-dealkylation sites (tertiary alicyclic amines) is 1. The molecule has 20 heavy (non-hydrogen) atoms. The summed E-state index contributed by atoms with van der Waals surface area (Å²) in [5.74, 6) is -1.82. The summed E-state index contributed by atoms with van der Waals surface area (Å²) >= 11 is 1.94. The largest absolute Gasteiger partial charge is 0.481 e. The number of carbonyl (C=O) groups excluding carboxylic acids is 1. The number of nitrogens with zero attached hydrogens (tertiary/aromatic N) is 1. The number of carboxylic acid groups (broad SMARTS) is 1. The maximum atomic E-state index is 13.1. The Bertz CT molecular complexity index is 549. The highest BCUT2D eigenvalue weighted by Gasteiger charge is 2.33. The summed E-state index contributed by atoms with van der Waals surface area (Å²) in [5, 5.41) is 9.08. The van der Waals surface area contributed by atoms with Crippen LogP contribution in [-0.4, -0.2) is 35.0 Å². The molecule has 1 heterocycles. The topological polar surface area (TPSA) is 57.6 Å². The van der Waals surface area contributed by atoms with Crippen LogP contribution < -0.4 is 0 Å². The Balaban J connectivity index is 2.13. The smallest absolute Gasteiger partial charge is 0.306 e. The van der Waals surface area contributed by atoms with Crippen LogP contribution in [-0.2, 0) is 4.79 Å². The summed E-state index contributed by atoms with van der Waals surface area (Å²) in [6.07, 6.45) is 0.458. The summed E-state index contributed by atoms with van der Waals surface area (Å²) in [4.78, 5) is 25.1. The summed E-state index contributed by atoms with van der Waals surface area (Å²) in [7, 11) is 0. The molecule has 4 nitrogen and oxygen atoms in total.